The first-order chi connectivity index (χ1) is 8.21. The van der Waals surface area contributed by atoms with Crippen molar-refractivity contribution < 1.29 is 23.1 Å². The summed E-state index contributed by atoms with van der Waals surface area (Å²) >= 11 is 6.30. The minimum absolute atomic E-state index is 0.188. The normalized spacial score (nSPS) is 13.2. The molecule has 0 aliphatic rings. The first-order valence-electron chi connectivity index (χ1n) is 4.70. The van der Waals surface area contributed by atoms with E-state index in [0.29, 0.717) is 4.47 Å². The molecular formula is C10H8Br2F3NO2. The summed E-state index contributed by atoms with van der Waals surface area (Å²) in [6.07, 6.45) is -7.32. The molecule has 100 valence electrons. The van der Waals surface area contributed by atoms with E-state index >= 15 is 0 Å². The zero-order valence-corrected chi connectivity index (χ0v) is 11.9. The third-order valence-corrected chi connectivity index (χ3v) is 3.16. The lowest BCUT2D eigenvalue weighted by atomic mass is 10.2. The monoisotopic (exact) mass is 389 g/mol. The zero-order chi connectivity index (χ0) is 13.9. The second-order valence-electron chi connectivity index (χ2n) is 3.39. The van der Waals surface area contributed by atoms with Crippen LogP contribution in [0.5, 0.6) is 0 Å². The van der Waals surface area contributed by atoms with Crippen molar-refractivity contribution in [3.05, 3.63) is 32.7 Å². The number of alkyl halides is 3. The third kappa shape index (κ3) is 4.25. The Morgan fingerprint density at radius 2 is 2.00 bits per heavy atom. The summed E-state index contributed by atoms with van der Waals surface area (Å²) in [4.78, 5) is 11.6. The van der Waals surface area contributed by atoms with Gasteiger partial charge in [-0.2, -0.15) is 13.2 Å². The molecule has 0 radical (unpaired) electrons. The van der Waals surface area contributed by atoms with Crippen LogP contribution in [0.3, 0.4) is 0 Å². The Bertz CT molecular complexity index is 451. The van der Waals surface area contributed by atoms with Crippen LogP contribution >= 0.6 is 31.9 Å². The van der Waals surface area contributed by atoms with Gasteiger partial charge in [-0.3, -0.25) is 4.79 Å². The molecule has 1 rings (SSSR count). The molecule has 0 bridgehead atoms. The van der Waals surface area contributed by atoms with Gasteiger partial charge in [0.05, 0.1) is 12.1 Å². The molecular weight excluding hydrogens is 383 g/mol. The quantitative estimate of drug-likeness (QED) is 0.833. The Morgan fingerprint density at radius 1 is 1.39 bits per heavy atom. The maximum Gasteiger partial charge on any atom is 0.416 e. The van der Waals surface area contributed by atoms with E-state index in [4.69, 9.17) is 5.11 Å². The van der Waals surface area contributed by atoms with Crippen molar-refractivity contribution in [2.75, 3.05) is 6.54 Å². The first-order valence-corrected chi connectivity index (χ1v) is 6.28. The van der Waals surface area contributed by atoms with Gasteiger partial charge >= 0.3 is 6.18 Å². The number of halogens is 5. The molecule has 1 amide bonds. The lowest BCUT2D eigenvalue weighted by Crippen LogP contribution is -2.40. The van der Waals surface area contributed by atoms with Crippen LogP contribution in [0, 0.1) is 0 Å². The zero-order valence-electron chi connectivity index (χ0n) is 8.76. The molecule has 0 saturated carbocycles. The minimum atomic E-state index is -4.75. The van der Waals surface area contributed by atoms with Crippen molar-refractivity contribution in [1.82, 2.24) is 5.32 Å². The maximum atomic E-state index is 12.0. The predicted molar refractivity (Wildman–Crippen MR) is 66.2 cm³/mol. The van der Waals surface area contributed by atoms with Crippen LogP contribution in [0.1, 0.15) is 10.4 Å². The molecule has 1 aromatic carbocycles. The smallest absolute Gasteiger partial charge is 0.382 e. The number of carbonyl (C=O) groups excluding carboxylic acids is 1. The molecule has 0 aromatic heterocycles. The molecule has 0 aliphatic carbocycles. The predicted octanol–water partition coefficient (Wildman–Crippen LogP) is 2.86. The number of benzene rings is 1. The minimum Gasteiger partial charge on any atom is -0.382 e. The number of nitrogens with one attached hydrogen (secondary N) is 1. The van der Waals surface area contributed by atoms with E-state index in [1.165, 1.54) is 6.07 Å². The average Bonchev–Trinajstić information content (AvgIpc) is 2.24. The molecule has 1 aromatic rings. The standard InChI is InChI=1S/C10H8Br2F3NO2/c11-5-1-2-6(7(12)3-5)9(18)16-4-8(17)10(13,14)15/h1-3,8,17H,4H2,(H,16,18). The van der Waals surface area contributed by atoms with Crippen molar-refractivity contribution in [3.63, 3.8) is 0 Å². The largest absolute Gasteiger partial charge is 0.416 e. The highest BCUT2D eigenvalue weighted by Gasteiger charge is 2.38. The van der Waals surface area contributed by atoms with Gasteiger partial charge in [0.15, 0.2) is 6.10 Å². The van der Waals surface area contributed by atoms with Gasteiger partial charge in [0.2, 0.25) is 0 Å². The molecule has 1 atom stereocenters. The Labute approximate surface area is 118 Å². The summed E-state index contributed by atoms with van der Waals surface area (Å²) in [7, 11) is 0. The highest BCUT2D eigenvalue weighted by Crippen LogP contribution is 2.22. The van der Waals surface area contributed by atoms with Gasteiger partial charge in [0.1, 0.15) is 0 Å². The second kappa shape index (κ2) is 6.03. The van der Waals surface area contributed by atoms with E-state index in [2.05, 4.69) is 31.9 Å². The van der Waals surface area contributed by atoms with E-state index in [0.717, 1.165) is 4.47 Å². The fraction of sp³-hybridized carbons (Fsp3) is 0.300. The number of carbonyl (C=O) groups is 1. The number of rotatable bonds is 3. The van der Waals surface area contributed by atoms with E-state index in [1.807, 2.05) is 5.32 Å². The van der Waals surface area contributed by atoms with Crippen molar-refractivity contribution >= 4 is 37.8 Å². The summed E-state index contributed by atoms with van der Waals surface area (Å²) in [5.74, 6) is -0.697. The van der Waals surface area contributed by atoms with Crippen LogP contribution in [0.15, 0.2) is 27.1 Å². The van der Waals surface area contributed by atoms with Crippen molar-refractivity contribution in [3.8, 4) is 0 Å². The molecule has 3 nitrogen and oxygen atoms in total. The summed E-state index contributed by atoms with van der Waals surface area (Å²) in [5.41, 5.74) is 0.188. The number of hydrogen-bond acceptors (Lipinski definition) is 2. The van der Waals surface area contributed by atoms with Gasteiger partial charge in [-0.05, 0) is 34.1 Å². The van der Waals surface area contributed by atoms with E-state index in [1.54, 1.807) is 12.1 Å². The Kier molecular flexibility index (Phi) is 5.18. The topological polar surface area (TPSA) is 49.3 Å². The van der Waals surface area contributed by atoms with Crippen molar-refractivity contribution in [2.24, 2.45) is 0 Å². The van der Waals surface area contributed by atoms with Crippen molar-refractivity contribution in [2.45, 2.75) is 12.3 Å². The van der Waals surface area contributed by atoms with Crippen LogP contribution < -0.4 is 5.32 Å². The highest BCUT2D eigenvalue weighted by atomic mass is 79.9. The summed E-state index contributed by atoms with van der Waals surface area (Å²) in [6.45, 7) is -0.884. The lowest BCUT2D eigenvalue weighted by Gasteiger charge is -2.15. The lowest BCUT2D eigenvalue weighted by molar-refractivity contribution is -0.201. The molecule has 0 saturated heterocycles. The van der Waals surface area contributed by atoms with Crippen LogP contribution in [-0.2, 0) is 0 Å². The molecule has 0 fully saturated rings. The third-order valence-electron chi connectivity index (χ3n) is 2.01. The van der Waals surface area contributed by atoms with E-state index < -0.39 is 24.7 Å². The van der Waals surface area contributed by atoms with Crippen LogP contribution in [0.2, 0.25) is 0 Å². The molecule has 0 heterocycles. The Morgan fingerprint density at radius 3 is 2.50 bits per heavy atom. The number of amides is 1. The fourth-order valence-corrected chi connectivity index (χ4v) is 2.30. The van der Waals surface area contributed by atoms with Crippen LogP contribution in [-0.4, -0.2) is 29.8 Å². The highest BCUT2D eigenvalue weighted by molar-refractivity contribution is 9.11. The van der Waals surface area contributed by atoms with Crippen molar-refractivity contribution in [1.29, 1.82) is 0 Å². The Hall–Kier alpha value is -0.600. The van der Waals surface area contributed by atoms with E-state index in [9.17, 15) is 18.0 Å². The van der Waals surface area contributed by atoms with Crippen LogP contribution in [0.4, 0.5) is 13.2 Å². The summed E-state index contributed by atoms with van der Waals surface area (Å²) in [6, 6.07) is 4.62. The van der Waals surface area contributed by atoms with Crippen LogP contribution in [0.25, 0.3) is 0 Å². The van der Waals surface area contributed by atoms with Gasteiger partial charge in [-0.25, -0.2) is 0 Å². The van der Waals surface area contributed by atoms with Gasteiger partial charge in [0, 0.05) is 8.95 Å². The second-order valence-corrected chi connectivity index (χ2v) is 5.16. The average molecular weight is 391 g/mol. The molecule has 0 aliphatic heterocycles. The van der Waals surface area contributed by atoms with Gasteiger partial charge in [-0.15, -0.1) is 0 Å². The van der Waals surface area contributed by atoms with Gasteiger partial charge in [0.25, 0.3) is 5.91 Å². The van der Waals surface area contributed by atoms with Gasteiger partial charge in [-0.1, -0.05) is 15.9 Å². The first kappa shape index (κ1) is 15.5. The number of aliphatic hydroxyl groups excluding tert-OH is 1. The molecule has 1 unspecified atom stereocenters. The maximum absolute atomic E-state index is 12.0. The Balaban J connectivity index is 2.66. The summed E-state index contributed by atoms with van der Waals surface area (Å²) < 4.78 is 37.2. The SMILES string of the molecule is O=C(NCC(O)C(F)(F)F)c1ccc(Br)cc1Br. The van der Waals surface area contributed by atoms with Gasteiger partial charge < -0.3 is 10.4 Å². The molecule has 0 spiro atoms. The summed E-state index contributed by atoms with van der Waals surface area (Å²) in [5, 5.41) is 10.7. The fourth-order valence-electron chi connectivity index (χ4n) is 1.07. The molecule has 18 heavy (non-hydrogen) atoms. The molecule has 2 N–H and O–H groups in total. The number of hydrogen-bond donors (Lipinski definition) is 2. The molecule has 8 heteroatoms. The number of aliphatic hydroxyl groups is 1. The van der Waals surface area contributed by atoms with E-state index in [-0.39, 0.29) is 5.56 Å².